The van der Waals surface area contributed by atoms with Crippen LogP contribution in [-0.2, 0) is 4.79 Å². The third kappa shape index (κ3) is 5.61. The molecule has 0 aromatic heterocycles. The lowest BCUT2D eigenvalue weighted by Crippen LogP contribution is -2.26. The fourth-order valence-corrected chi connectivity index (χ4v) is 1.88. The van der Waals surface area contributed by atoms with E-state index in [2.05, 4.69) is 31.1 Å². The van der Waals surface area contributed by atoms with Gasteiger partial charge < -0.3 is 16.0 Å². The quantitative estimate of drug-likeness (QED) is 0.753. The number of amides is 1. The van der Waals surface area contributed by atoms with E-state index in [9.17, 15) is 4.79 Å². The van der Waals surface area contributed by atoms with E-state index < -0.39 is 0 Å². The van der Waals surface area contributed by atoms with Crippen molar-refractivity contribution in [3.63, 3.8) is 0 Å². The summed E-state index contributed by atoms with van der Waals surface area (Å²) >= 11 is 0. The average molecular weight is 277 g/mol. The fraction of sp³-hybridized carbons (Fsp3) is 0.562. The molecule has 0 bridgehead atoms. The average Bonchev–Trinajstić information content (AvgIpc) is 2.39. The van der Waals surface area contributed by atoms with Gasteiger partial charge in [-0.3, -0.25) is 4.79 Å². The first kappa shape index (κ1) is 16.5. The minimum Gasteiger partial charge on any atom is -0.398 e. The summed E-state index contributed by atoms with van der Waals surface area (Å²) in [6.45, 7) is 8.15. The van der Waals surface area contributed by atoms with E-state index in [1.165, 1.54) is 0 Å². The maximum absolute atomic E-state index is 11.9. The molecule has 0 unspecified atom stereocenters. The van der Waals surface area contributed by atoms with Crippen LogP contribution in [0.2, 0.25) is 0 Å². The maximum Gasteiger partial charge on any atom is 0.225 e. The molecule has 3 N–H and O–H groups in total. The number of carbonyl (C=O) groups excluding carboxylic acids is 1. The van der Waals surface area contributed by atoms with Crippen LogP contribution in [0.3, 0.4) is 0 Å². The monoisotopic (exact) mass is 277 g/mol. The second kappa shape index (κ2) is 7.90. The number of rotatable bonds is 7. The highest BCUT2D eigenvalue weighted by molar-refractivity contribution is 5.92. The molecule has 0 spiro atoms. The first-order valence-corrected chi connectivity index (χ1v) is 7.23. The molecule has 4 nitrogen and oxygen atoms in total. The van der Waals surface area contributed by atoms with Crippen molar-refractivity contribution in [3.8, 4) is 0 Å². The van der Waals surface area contributed by atoms with Crippen molar-refractivity contribution in [1.82, 2.24) is 4.90 Å². The van der Waals surface area contributed by atoms with Crippen molar-refractivity contribution < 1.29 is 4.79 Å². The SMILES string of the molecule is Cc1c(N)cccc1NC(=O)CCN(C)CCC(C)C. The molecule has 0 fully saturated rings. The predicted molar refractivity (Wildman–Crippen MR) is 85.8 cm³/mol. The number of anilines is 2. The molecule has 4 heteroatoms. The van der Waals surface area contributed by atoms with Gasteiger partial charge in [-0.1, -0.05) is 19.9 Å². The van der Waals surface area contributed by atoms with Gasteiger partial charge in [-0.25, -0.2) is 0 Å². The van der Waals surface area contributed by atoms with Crippen molar-refractivity contribution in [2.24, 2.45) is 5.92 Å². The molecule has 1 amide bonds. The smallest absolute Gasteiger partial charge is 0.225 e. The first-order valence-electron chi connectivity index (χ1n) is 7.23. The molecule has 1 aromatic carbocycles. The van der Waals surface area contributed by atoms with Crippen LogP contribution >= 0.6 is 0 Å². The molecular weight excluding hydrogens is 250 g/mol. The van der Waals surface area contributed by atoms with Gasteiger partial charge >= 0.3 is 0 Å². The Morgan fingerprint density at radius 2 is 2.05 bits per heavy atom. The van der Waals surface area contributed by atoms with Gasteiger partial charge in [-0.15, -0.1) is 0 Å². The summed E-state index contributed by atoms with van der Waals surface area (Å²) in [7, 11) is 2.06. The third-order valence-electron chi connectivity index (χ3n) is 3.46. The Labute approximate surface area is 122 Å². The lowest BCUT2D eigenvalue weighted by atomic mass is 10.1. The third-order valence-corrected chi connectivity index (χ3v) is 3.46. The number of carbonyl (C=O) groups is 1. The van der Waals surface area contributed by atoms with E-state index in [1.807, 2.05) is 25.1 Å². The van der Waals surface area contributed by atoms with E-state index in [4.69, 9.17) is 5.73 Å². The molecule has 0 heterocycles. The van der Waals surface area contributed by atoms with E-state index in [0.29, 0.717) is 18.0 Å². The van der Waals surface area contributed by atoms with E-state index in [-0.39, 0.29) is 5.91 Å². The molecule has 0 radical (unpaired) electrons. The van der Waals surface area contributed by atoms with Gasteiger partial charge in [0.2, 0.25) is 5.91 Å². The molecule has 0 atom stereocenters. The molecular formula is C16H27N3O. The molecule has 1 rings (SSSR count). The predicted octanol–water partition coefficient (Wildman–Crippen LogP) is 2.88. The molecule has 0 aliphatic heterocycles. The Morgan fingerprint density at radius 1 is 1.35 bits per heavy atom. The zero-order valence-corrected chi connectivity index (χ0v) is 13.1. The van der Waals surface area contributed by atoms with Crippen LogP contribution in [0.15, 0.2) is 18.2 Å². The van der Waals surface area contributed by atoms with Crippen LogP contribution in [0.5, 0.6) is 0 Å². The molecule has 0 aliphatic carbocycles. The summed E-state index contributed by atoms with van der Waals surface area (Å²) in [5.74, 6) is 0.733. The van der Waals surface area contributed by atoms with Gasteiger partial charge in [0.15, 0.2) is 0 Å². The van der Waals surface area contributed by atoms with Crippen molar-refractivity contribution in [2.45, 2.75) is 33.6 Å². The van der Waals surface area contributed by atoms with Crippen LogP contribution in [0.1, 0.15) is 32.3 Å². The highest BCUT2D eigenvalue weighted by atomic mass is 16.1. The summed E-state index contributed by atoms with van der Waals surface area (Å²) in [6, 6.07) is 5.57. The topological polar surface area (TPSA) is 58.4 Å². The van der Waals surface area contributed by atoms with Crippen molar-refractivity contribution >= 4 is 17.3 Å². The Balaban J connectivity index is 2.38. The summed E-state index contributed by atoms with van der Waals surface area (Å²) in [5, 5.41) is 2.93. The van der Waals surface area contributed by atoms with Gasteiger partial charge in [0.05, 0.1) is 0 Å². The van der Waals surface area contributed by atoms with Crippen LogP contribution < -0.4 is 11.1 Å². The number of nitrogens with zero attached hydrogens (tertiary/aromatic N) is 1. The molecule has 112 valence electrons. The summed E-state index contributed by atoms with van der Waals surface area (Å²) < 4.78 is 0. The number of nitrogens with one attached hydrogen (secondary N) is 1. The minimum absolute atomic E-state index is 0.0371. The van der Waals surface area contributed by atoms with Gasteiger partial charge in [0.25, 0.3) is 0 Å². The van der Waals surface area contributed by atoms with Crippen molar-refractivity contribution in [2.75, 3.05) is 31.2 Å². The van der Waals surface area contributed by atoms with E-state index >= 15 is 0 Å². The Hall–Kier alpha value is -1.55. The number of nitrogen functional groups attached to an aromatic ring is 1. The van der Waals surface area contributed by atoms with Crippen molar-refractivity contribution in [3.05, 3.63) is 23.8 Å². The van der Waals surface area contributed by atoms with Crippen molar-refractivity contribution in [1.29, 1.82) is 0 Å². The van der Waals surface area contributed by atoms with Gasteiger partial charge in [-0.05, 0) is 50.6 Å². The molecule has 0 saturated carbocycles. The van der Waals surface area contributed by atoms with Crippen LogP contribution in [0, 0.1) is 12.8 Å². The Kier molecular flexibility index (Phi) is 6.52. The minimum atomic E-state index is 0.0371. The van der Waals surface area contributed by atoms with Crippen LogP contribution in [0.4, 0.5) is 11.4 Å². The Morgan fingerprint density at radius 3 is 2.70 bits per heavy atom. The second-order valence-corrected chi connectivity index (χ2v) is 5.80. The maximum atomic E-state index is 11.9. The Bertz CT molecular complexity index is 443. The lowest BCUT2D eigenvalue weighted by Gasteiger charge is -2.17. The van der Waals surface area contributed by atoms with E-state index in [0.717, 1.165) is 30.8 Å². The van der Waals surface area contributed by atoms with Crippen LogP contribution in [-0.4, -0.2) is 30.9 Å². The first-order chi connectivity index (χ1) is 9.40. The van der Waals surface area contributed by atoms with E-state index in [1.54, 1.807) is 0 Å². The zero-order valence-electron chi connectivity index (χ0n) is 13.1. The fourth-order valence-electron chi connectivity index (χ4n) is 1.88. The second-order valence-electron chi connectivity index (χ2n) is 5.80. The molecule has 1 aromatic rings. The summed E-state index contributed by atoms with van der Waals surface area (Å²) in [5.41, 5.74) is 8.26. The number of benzene rings is 1. The van der Waals surface area contributed by atoms with Gasteiger partial charge in [-0.2, -0.15) is 0 Å². The largest absolute Gasteiger partial charge is 0.398 e. The lowest BCUT2D eigenvalue weighted by molar-refractivity contribution is -0.116. The highest BCUT2D eigenvalue weighted by Crippen LogP contribution is 2.20. The van der Waals surface area contributed by atoms with Gasteiger partial charge in [0, 0.05) is 24.3 Å². The summed E-state index contributed by atoms with van der Waals surface area (Å²) in [4.78, 5) is 14.1. The zero-order chi connectivity index (χ0) is 15.1. The molecule has 0 saturated heterocycles. The van der Waals surface area contributed by atoms with Gasteiger partial charge in [0.1, 0.15) is 0 Å². The molecule has 20 heavy (non-hydrogen) atoms. The normalized spacial score (nSPS) is 11.1. The standard InChI is InChI=1S/C16H27N3O/c1-12(2)8-10-19(4)11-9-16(20)18-15-7-5-6-14(17)13(15)3/h5-7,12H,8-11,17H2,1-4H3,(H,18,20). The highest BCUT2D eigenvalue weighted by Gasteiger charge is 2.08. The summed E-state index contributed by atoms with van der Waals surface area (Å²) in [6.07, 6.45) is 1.66. The number of hydrogen-bond acceptors (Lipinski definition) is 3. The van der Waals surface area contributed by atoms with Crippen LogP contribution in [0.25, 0.3) is 0 Å². The molecule has 0 aliphatic rings. The number of nitrogens with two attached hydrogens (primary N) is 1. The number of hydrogen-bond donors (Lipinski definition) is 2.